The summed E-state index contributed by atoms with van der Waals surface area (Å²) in [6.07, 6.45) is 3.78. The van der Waals surface area contributed by atoms with E-state index in [2.05, 4.69) is 19.9 Å². The highest BCUT2D eigenvalue weighted by atomic mass is 16.3. The predicted octanol–water partition coefficient (Wildman–Crippen LogP) is 2.11. The van der Waals surface area contributed by atoms with Crippen LogP contribution in [0.1, 0.15) is 33.6 Å². The molecule has 0 radical (unpaired) electrons. The average molecular weight is 128 g/mol. The van der Waals surface area contributed by atoms with Gasteiger partial charge in [0.2, 0.25) is 0 Å². The first-order chi connectivity index (χ1) is 4.16. The molecule has 0 heterocycles. The van der Waals surface area contributed by atoms with Gasteiger partial charge in [-0.3, -0.25) is 0 Å². The minimum atomic E-state index is -0.188. The Hall–Kier alpha value is -0.300. The maximum Gasteiger partial charge on any atom is 0.0546 e. The largest absolute Gasteiger partial charge is 0.393 e. The van der Waals surface area contributed by atoms with Gasteiger partial charge in [0.1, 0.15) is 0 Å². The third-order valence-corrected chi connectivity index (χ3v) is 1.37. The van der Waals surface area contributed by atoms with Crippen molar-refractivity contribution in [3.8, 4) is 0 Å². The molecule has 0 aliphatic heterocycles. The van der Waals surface area contributed by atoms with E-state index < -0.39 is 0 Å². The summed E-state index contributed by atoms with van der Waals surface area (Å²) in [5.41, 5.74) is 1.36. The SMILES string of the molecule is CCC(C)=CCC(C)O. The van der Waals surface area contributed by atoms with Crippen LogP contribution in [0.15, 0.2) is 11.6 Å². The van der Waals surface area contributed by atoms with Gasteiger partial charge in [0, 0.05) is 0 Å². The lowest BCUT2D eigenvalue weighted by Crippen LogP contribution is -1.95. The molecule has 0 aliphatic rings. The first-order valence-electron chi connectivity index (χ1n) is 3.50. The number of hydrogen-bond acceptors (Lipinski definition) is 1. The summed E-state index contributed by atoms with van der Waals surface area (Å²) in [6.45, 7) is 6.01. The predicted molar refractivity (Wildman–Crippen MR) is 40.3 cm³/mol. The van der Waals surface area contributed by atoms with Crippen LogP contribution in [-0.2, 0) is 0 Å². The average Bonchev–Trinajstić information content (AvgIpc) is 1.83. The zero-order chi connectivity index (χ0) is 7.28. The molecule has 0 saturated carbocycles. The molecule has 1 atom stereocenters. The molecule has 0 bridgehead atoms. The second kappa shape index (κ2) is 4.57. The second-order valence-electron chi connectivity index (χ2n) is 2.49. The lowest BCUT2D eigenvalue weighted by molar-refractivity contribution is 0.198. The second-order valence-corrected chi connectivity index (χ2v) is 2.49. The normalized spacial score (nSPS) is 15.8. The fourth-order valence-corrected chi connectivity index (χ4v) is 0.516. The monoisotopic (exact) mass is 128 g/mol. The Kier molecular flexibility index (Phi) is 4.41. The Labute approximate surface area is 57.4 Å². The quantitative estimate of drug-likeness (QED) is 0.577. The lowest BCUT2D eigenvalue weighted by Gasteiger charge is -1.98. The van der Waals surface area contributed by atoms with Crippen LogP contribution in [0, 0.1) is 0 Å². The molecule has 0 rings (SSSR count). The topological polar surface area (TPSA) is 20.2 Å². The molecule has 1 nitrogen and oxygen atoms in total. The summed E-state index contributed by atoms with van der Waals surface area (Å²) in [5, 5.41) is 8.85. The Morgan fingerprint density at radius 3 is 2.56 bits per heavy atom. The van der Waals surface area contributed by atoms with Crippen molar-refractivity contribution in [2.45, 2.75) is 39.7 Å². The molecule has 1 N–H and O–H groups in total. The molecule has 0 spiro atoms. The Morgan fingerprint density at radius 1 is 1.67 bits per heavy atom. The molecular formula is C8H16O. The molecule has 0 amide bonds. The molecule has 0 fully saturated rings. The van der Waals surface area contributed by atoms with Crippen molar-refractivity contribution in [2.75, 3.05) is 0 Å². The summed E-state index contributed by atoms with van der Waals surface area (Å²) in [6, 6.07) is 0. The van der Waals surface area contributed by atoms with Crippen LogP contribution in [0.4, 0.5) is 0 Å². The fourth-order valence-electron chi connectivity index (χ4n) is 0.516. The summed E-state index contributed by atoms with van der Waals surface area (Å²) >= 11 is 0. The van der Waals surface area contributed by atoms with Gasteiger partial charge in [0.05, 0.1) is 6.10 Å². The van der Waals surface area contributed by atoms with Gasteiger partial charge < -0.3 is 5.11 Å². The molecule has 0 aromatic heterocycles. The Morgan fingerprint density at radius 2 is 2.22 bits per heavy atom. The third kappa shape index (κ3) is 5.57. The molecule has 0 aromatic rings. The van der Waals surface area contributed by atoms with E-state index in [0.717, 1.165) is 12.8 Å². The Balaban J connectivity index is 3.43. The number of hydrogen-bond donors (Lipinski definition) is 1. The van der Waals surface area contributed by atoms with Crippen molar-refractivity contribution in [2.24, 2.45) is 0 Å². The van der Waals surface area contributed by atoms with Crippen molar-refractivity contribution in [3.63, 3.8) is 0 Å². The molecule has 0 saturated heterocycles. The highest BCUT2D eigenvalue weighted by Gasteiger charge is 1.90. The van der Waals surface area contributed by atoms with Gasteiger partial charge in [-0.15, -0.1) is 0 Å². The molecule has 1 heteroatoms. The molecule has 0 aromatic carbocycles. The zero-order valence-corrected chi connectivity index (χ0v) is 6.52. The summed E-state index contributed by atoms with van der Waals surface area (Å²) in [7, 11) is 0. The van der Waals surface area contributed by atoms with Crippen molar-refractivity contribution in [3.05, 3.63) is 11.6 Å². The van der Waals surface area contributed by atoms with E-state index in [1.807, 2.05) is 0 Å². The fraction of sp³-hybridized carbons (Fsp3) is 0.750. The van der Waals surface area contributed by atoms with E-state index in [1.165, 1.54) is 5.57 Å². The Bertz CT molecular complexity index is 92.7. The minimum absolute atomic E-state index is 0.188. The van der Waals surface area contributed by atoms with E-state index >= 15 is 0 Å². The van der Waals surface area contributed by atoms with Gasteiger partial charge in [-0.25, -0.2) is 0 Å². The van der Waals surface area contributed by atoms with Crippen LogP contribution in [0.5, 0.6) is 0 Å². The minimum Gasteiger partial charge on any atom is -0.393 e. The van der Waals surface area contributed by atoms with Gasteiger partial charge in [0.15, 0.2) is 0 Å². The van der Waals surface area contributed by atoms with Crippen molar-refractivity contribution in [1.29, 1.82) is 0 Å². The third-order valence-electron chi connectivity index (χ3n) is 1.37. The number of aliphatic hydroxyl groups is 1. The number of aliphatic hydroxyl groups excluding tert-OH is 1. The molecule has 1 unspecified atom stereocenters. The van der Waals surface area contributed by atoms with Gasteiger partial charge >= 0.3 is 0 Å². The van der Waals surface area contributed by atoms with Crippen molar-refractivity contribution >= 4 is 0 Å². The van der Waals surface area contributed by atoms with Gasteiger partial charge in [-0.1, -0.05) is 18.6 Å². The smallest absolute Gasteiger partial charge is 0.0546 e. The lowest BCUT2D eigenvalue weighted by atomic mass is 10.1. The van der Waals surface area contributed by atoms with Gasteiger partial charge in [-0.05, 0) is 26.7 Å². The van der Waals surface area contributed by atoms with Gasteiger partial charge in [0.25, 0.3) is 0 Å². The van der Waals surface area contributed by atoms with E-state index in [4.69, 9.17) is 5.11 Å². The van der Waals surface area contributed by atoms with Crippen LogP contribution in [0.2, 0.25) is 0 Å². The highest BCUT2D eigenvalue weighted by Crippen LogP contribution is 2.01. The first-order valence-corrected chi connectivity index (χ1v) is 3.50. The van der Waals surface area contributed by atoms with Gasteiger partial charge in [-0.2, -0.15) is 0 Å². The molecule has 54 valence electrons. The number of allylic oxidation sites excluding steroid dienone is 1. The molecule has 0 aliphatic carbocycles. The van der Waals surface area contributed by atoms with E-state index in [0.29, 0.717) is 0 Å². The van der Waals surface area contributed by atoms with Crippen LogP contribution in [-0.4, -0.2) is 11.2 Å². The summed E-state index contributed by atoms with van der Waals surface area (Å²) < 4.78 is 0. The summed E-state index contributed by atoms with van der Waals surface area (Å²) in [5.74, 6) is 0. The maximum atomic E-state index is 8.85. The first kappa shape index (κ1) is 8.70. The van der Waals surface area contributed by atoms with Crippen molar-refractivity contribution < 1.29 is 5.11 Å². The van der Waals surface area contributed by atoms with Crippen LogP contribution in [0.3, 0.4) is 0 Å². The molecular weight excluding hydrogens is 112 g/mol. The van der Waals surface area contributed by atoms with Crippen LogP contribution in [0.25, 0.3) is 0 Å². The van der Waals surface area contributed by atoms with E-state index in [1.54, 1.807) is 6.92 Å². The molecule has 9 heavy (non-hydrogen) atoms. The van der Waals surface area contributed by atoms with E-state index in [9.17, 15) is 0 Å². The van der Waals surface area contributed by atoms with E-state index in [-0.39, 0.29) is 6.10 Å². The number of rotatable bonds is 3. The summed E-state index contributed by atoms with van der Waals surface area (Å²) in [4.78, 5) is 0. The van der Waals surface area contributed by atoms with Crippen LogP contribution >= 0.6 is 0 Å². The highest BCUT2D eigenvalue weighted by molar-refractivity contribution is 4.96. The zero-order valence-electron chi connectivity index (χ0n) is 6.52. The van der Waals surface area contributed by atoms with Crippen molar-refractivity contribution in [1.82, 2.24) is 0 Å². The maximum absolute atomic E-state index is 8.85. The van der Waals surface area contributed by atoms with Crippen LogP contribution < -0.4 is 0 Å². The standard InChI is InChI=1S/C8H16O/c1-4-7(2)5-6-8(3)9/h5,8-9H,4,6H2,1-3H3.